The van der Waals surface area contributed by atoms with Crippen LogP contribution in [-0.2, 0) is 13.1 Å². The molecule has 1 fully saturated rings. The van der Waals surface area contributed by atoms with Gasteiger partial charge in [-0.1, -0.05) is 28.8 Å². The molecule has 0 bridgehead atoms. The Labute approximate surface area is 119 Å². The first kappa shape index (κ1) is 14.1. The second kappa shape index (κ2) is 6.20. The van der Waals surface area contributed by atoms with E-state index in [9.17, 15) is 0 Å². The molecule has 1 aliphatic rings. The summed E-state index contributed by atoms with van der Waals surface area (Å²) in [6.45, 7) is 6.19. The molecule has 1 aromatic heterocycles. The molecular formula is C14H24BrN3. The summed E-state index contributed by atoms with van der Waals surface area (Å²) in [5.41, 5.74) is 2.46. The van der Waals surface area contributed by atoms with Gasteiger partial charge in [0, 0.05) is 24.0 Å². The first-order chi connectivity index (χ1) is 8.61. The fourth-order valence-electron chi connectivity index (χ4n) is 2.94. The van der Waals surface area contributed by atoms with Crippen LogP contribution < -0.4 is 0 Å². The molecule has 0 aromatic carbocycles. The Morgan fingerprint density at radius 2 is 2.17 bits per heavy atom. The van der Waals surface area contributed by atoms with Gasteiger partial charge >= 0.3 is 0 Å². The monoisotopic (exact) mass is 313 g/mol. The number of aromatic nitrogens is 2. The second-order valence-electron chi connectivity index (χ2n) is 5.38. The Hall–Kier alpha value is -0.350. The zero-order chi connectivity index (χ0) is 13.1. The molecule has 2 rings (SSSR count). The summed E-state index contributed by atoms with van der Waals surface area (Å²) in [6, 6.07) is 2.88. The van der Waals surface area contributed by atoms with Crippen molar-refractivity contribution in [3.63, 3.8) is 0 Å². The molecule has 0 aliphatic heterocycles. The minimum atomic E-state index is 0.648. The molecular weight excluding hydrogens is 290 g/mol. The van der Waals surface area contributed by atoms with Gasteiger partial charge in [0.15, 0.2) is 0 Å². The normalized spacial score (nSPS) is 24.7. The Morgan fingerprint density at radius 1 is 1.44 bits per heavy atom. The molecule has 0 saturated heterocycles. The molecule has 18 heavy (non-hydrogen) atoms. The van der Waals surface area contributed by atoms with E-state index >= 15 is 0 Å². The third-order valence-electron chi connectivity index (χ3n) is 3.91. The van der Waals surface area contributed by atoms with E-state index in [1.807, 2.05) is 0 Å². The number of nitrogens with zero attached hydrogens (tertiary/aromatic N) is 3. The van der Waals surface area contributed by atoms with Gasteiger partial charge in [0.25, 0.3) is 0 Å². The zero-order valence-electron chi connectivity index (χ0n) is 11.7. The molecule has 1 saturated carbocycles. The summed E-state index contributed by atoms with van der Waals surface area (Å²) in [6.07, 6.45) is 5.35. The molecule has 1 aromatic rings. The fourth-order valence-corrected chi connectivity index (χ4v) is 3.93. The van der Waals surface area contributed by atoms with Crippen LogP contribution >= 0.6 is 15.9 Å². The largest absolute Gasteiger partial charge is 0.296 e. The first-order valence-corrected chi connectivity index (χ1v) is 7.91. The van der Waals surface area contributed by atoms with Crippen LogP contribution in [-0.4, -0.2) is 32.6 Å². The lowest BCUT2D eigenvalue weighted by molar-refractivity contribution is 0.188. The molecule has 2 unspecified atom stereocenters. The average Bonchev–Trinajstić information content (AvgIpc) is 2.70. The maximum absolute atomic E-state index is 4.52. The van der Waals surface area contributed by atoms with Gasteiger partial charge in [-0.2, -0.15) is 5.10 Å². The number of aryl methyl sites for hydroxylation is 2. The van der Waals surface area contributed by atoms with Crippen molar-refractivity contribution in [2.24, 2.45) is 0 Å². The van der Waals surface area contributed by atoms with Crippen LogP contribution in [0.25, 0.3) is 0 Å². The third kappa shape index (κ3) is 3.15. The van der Waals surface area contributed by atoms with Crippen LogP contribution in [0.15, 0.2) is 6.07 Å². The Kier molecular flexibility index (Phi) is 4.84. The fraction of sp³-hybridized carbons (Fsp3) is 0.786. The molecule has 0 N–H and O–H groups in total. The average molecular weight is 314 g/mol. The van der Waals surface area contributed by atoms with Crippen molar-refractivity contribution in [2.45, 2.75) is 63.5 Å². The maximum atomic E-state index is 4.52. The maximum Gasteiger partial charge on any atom is 0.0597 e. The molecule has 4 heteroatoms. The molecule has 0 radical (unpaired) electrons. The van der Waals surface area contributed by atoms with E-state index in [4.69, 9.17) is 0 Å². The predicted molar refractivity (Wildman–Crippen MR) is 79.1 cm³/mol. The molecule has 102 valence electrons. The van der Waals surface area contributed by atoms with Gasteiger partial charge in [-0.05, 0) is 39.8 Å². The highest BCUT2D eigenvalue weighted by atomic mass is 79.9. The number of hydrogen-bond donors (Lipinski definition) is 0. The smallest absolute Gasteiger partial charge is 0.0597 e. The van der Waals surface area contributed by atoms with Crippen molar-refractivity contribution < 1.29 is 0 Å². The topological polar surface area (TPSA) is 21.1 Å². The molecule has 2 atom stereocenters. The van der Waals surface area contributed by atoms with Gasteiger partial charge in [0.1, 0.15) is 0 Å². The van der Waals surface area contributed by atoms with E-state index in [2.05, 4.69) is 57.6 Å². The van der Waals surface area contributed by atoms with E-state index in [-0.39, 0.29) is 0 Å². The SMILES string of the molecule is CCn1nc(C)cc1CN(C)C1CCCCC1Br. The van der Waals surface area contributed by atoms with E-state index in [0.717, 1.165) is 18.8 Å². The third-order valence-corrected chi connectivity index (χ3v) is 4.98. The van der Waals surface area contributed by atoms with Crippen molar-refractivity contribution in [2.75, 3.05) is 7.05 Å². The van der Waals surface area contributed by atoms with Crippen LogP contribution in [0.4, 0.5) is 0 Å². The highest BCUT2D eigenvalue weighted by Gasteiger charge is 2.26. The zero-order valence-corrected chi connectivity index (χ0v) is 13.3. The van der Waals surface area contributed by atoms with Crippen molar-refractivity contribution in [3.05, 3.63) is 17.5 Å². The Morgan fingerprint density at radius 3 is 2.83 bits per heavy atom. The second-order valence-corrected chi connectivity index (χ2v) is 6.55. The summed E-state index contributed by atoms with van der Waals surface area (Å²) in [5, 5.41) is 4.52. The van der Waals surface area contributed by atoms with E-state index in [1.165, 1.54) is 31.4 Å². The molecule has 3 nitrogen and oxygen atoms in total. The molecule has 0 amide bonds. The number of alkyl halides is 1. The Balaban J connectivity index is 2.03. The Bertz CT molecular complexity index is 388. The highest BCUT2D eigenvalue weighted by Crippen LogP contribution is 2.28. The lowest BCUT2D eigenvalue weighted by Gasteiger charge is -2.35. The summed E-state index contributed by atoms with van der Waals surface area (Å²) in [4.78, 5) is 3.14. The van der Waals surface area contributed by atoms with Gasteiger partial charge in [-0.15, -0.1) is 0 Å². The summed E-state index contributed by atoms with van der Waals surface area (Å²) in [7, 11) is 2.24. The minimum absolute atomic E-state index is 0.648. The van der Waals surface area contributed by atoms with Crippen LogP contribution in [0.5, 0.6) is 0 Å². The highest BCUT2D eigenvalue weighted by molar-refractivity contribution is 9.09. The lowest BCUT2D eigenvalue weighted by atomic mass is 9.94. The number of rotatable bonds is 4. The number of halogens is 1. The van der Waals surface area contributed by atoms with Gasteiger partial charge in [0.05, 0.1) is 11.4 Å². The lowest BCUT2D eigenvalue weighted by Crippen LogP contribution is -2.40. The van der Waals surface area contributed by atoms with E-state index in [0.29, 0.717) is 10.9 Å². The molecule has 0 spiro atoms. The first-order valence-electron chi connectivity index (χ1n) is 6.99. The van der Waals surface area contributed by atoms with Crippen LogP contribution in [0.1, 0.15) is 44.0 Å². The van der Waals surface area contributed by atoms with E-state index in [1.54, 1.807) is 0 Å². The predicted octanol–water partition coefficient (Wildman–Crippen LogP) is 3.35. The summed E-state index contributed by atoms with van der Waals surface area (Å²) >= 11 is 3.85. The van der Waals surface area contributed by atoms with Crippen molar-refractivity contribution >= 4 is 15.9 Å². The van der Waals surface area contributed by atoms with Crippen LogP contribution in [0.2, 0.25) is 0 Å². The van der Waals surface area contributed by atoms with Crippen molar-refractivity contribution in [1.29, 1.82) is 0 Å². The van der Waals surface area contributed by atoms with Gasteiger partial charge < -0.3 is 0 Å². The van der Waals surface area contributed by atoms with Crippen molar-refractivity contribution in [1.82, 2.24) is 14.7 Å². The van der Waals surface area contributed by atoms with Crippen LogP contribution in [0, 0.1) is 6.92 Å². The van der Waals surface area contributed by atoms with Crippen molar-refractivity contribution in [3.8, 4) is 0 Å². The van der Waals surface area contributed by atoms with E-state index < -0.39 is 0 Å². The quantitative estimate of drug-likeness (QED) is 0.795. The molecule has 1 heterocycles. The molecule has 1 aliphatic carbocycles. The minimum Gasteiger partial charge on any atom is -0.296 e. The number of hydrogen-bond acceptors (Lipinski definition) is 2. The standard InChI is InChI=1S/C14H24BrN3/c1-4-18-12(9-11(2)16-18)10-17(3)14-8-6-5-7-13(14)15/h9,13-14H,4-8,10H2,1-3H3. The van der Waals surface area contributed by atoms with Crippen LogP contribution in [0.3, 0.4) is 0 Å². The summed E-state index contributed by atoms with van der Waals surface area (Å²) in [5.74, 6) is 0. The van der Waals surface area contributed by atoms with Gasteiger partial charge in [-0.25, -0.2) is 0 Å². The van der Waals surface area contributed by atoms with Gasteiger partial charge in [-0.3, -0.25) is 9.58 Å². The van der Waals surface area contributed by atoms with Gasteiger partial charge in [0.2, 0.25) is 0 Å². The summed E-state index contributed by atoms with van der Waals surface area (Å²) < 4.78 is 2.12.